The largest absolute Gasteiger partial charge is 0.508 e. The van der Waals surface area contributed by atoms with Crippen molar-refractivity contribution >= 4 is 5.97 Å². The van der Waals surface area contributed by atoms with Crippen LogP contribution in [0, 0.1) is 0 Å². The highest BCUT2D eigenvalue weighted by molar-refractivity contribution is 5.68. The fraction of sp³-hybridized carbons (Fsp3) is 0.208. The maximum absolute atomic E-state index is 10.8. The van der Waals surface area contributed by atoms with E-state index in [-0.39, 0.29) is 12.4 Å². The minimum absolute atomic E-state index is 0.241. The summed E-state index contributed by atoms with van der Waals surface area (Å²) in [5, 5.41) is 18.3. The lowest BCUT2D eigenvalue weighted by atomic mass is 9.91. The van der Waals surface area contributed by atoms with Crippen molar-refractivity contribution in [3.8, 4) is 22.6 Å². The van der Waals surface area contributed by atoms with Crippen molar-refractivity contribution in [2.75, 3.05) is 19.8 Å². The second-order valence-electron chi connectivity index (χ2n) is 7.23. The fourth-order valence-electron chi connectivity index (χ4n) is 3.34. The average Bonchev–Trinajstić information content (AvgIpc) is 2.73. The Kier molecular flexibility index (Phi) is 5.70. The van der Waals surface area contributed by atoms with Crippen LogP contribution in [0.25, 0.3) is 11.1 Å². The molecule has 0 unspecified atom stereocenters. The minimum Gasteiger partial charge on any atom is -0.508 e. The van der Waals surface area contributed by atoms with Crippen LogP contribution in [-0.2, 0) is 26.5 Å². The molecule has 3 aromatic carbocycles. The van der Waals surface area contributed by atoms with E-state index in [1.165, 1.54) is 0 Å². The number of carboxylic acid groups (broad SMARTS) is 1. The molecule has 1 fully saturated rings. The van der Waals surface area contributed by atoms with Gasteiger partial charge in [0, 0.05) is 0 Å². The quantitative estimate of drug-likeness (QED) is 0.589. The van der Waals surface area contributed by atoms with Crippen LogP contribution >= 0.6 is 0 Å². The number of carbonyl (C=O) groups is 1. The molecule has 2 N–H and O–H groups in total. The molecule has 0 bridgehead atoms. The molecule has 30 heavy (non-hydrogen) atoms. The number of aliphatic carboxylic acids is 1. The summed E-state index contributed by atoms with van der Waals surface area (Å²) >= 11 is 0. The van der Waals surface area contributed by atoms with Gasteiger partial charge in [-0.3, -0.25) is 0 Å². The highest BCUT2D eigenvalue weighted by Crippen LogP contribution is 2.34. The lowest BCUT2D eigenvalue weighted by Gasteiger charge is -2.41. The highest BCUT2D eigenvalue weighted by atomic mass is 16.6. The van der Waals surface area contributed by atoms with Gasteiger partial charge < -0.3 is 24.4 Å². The number of phenolic OH excluding ortho intramolecular Hbond substituents is 1. The Morgan fingerprint density at radius 1 is 0.967 bits per heavy atom. The third-order valence-corrected chi connectivity index (χ3v) is 5.06. The van der Waals surface area contributed by atoms with Gasteiger partial charge in [-0.15, -0.1) is 0 Å². The summed E-state index contributed by atoms with van der Waals surface area (Å²) in [6.07, 6.45) is 0. The molecule has 154 valence electrons. The predicted octanol–water partition coefficient (Wildman–Crippen LogP) is 3.96. The van der Waals surface area contributed by atoms with Crippen molar-refractivity contribution in [1.29, 1.82) is 0 Å². The molecule has 0 saturated carbocycles. The summed E-state index contributed by atoms with van der Waals surface area (Å²) in [5.74, 6) is -0.0523. The van der Waals surface area contributed by atoms with E-state index in [0.29, 0.717) is 25.6 Å². The highest BCUT2D eigenvalue weighted by Gasteiger charge is 2.42. The van der Waals surface area contributed by atoms with E-state index in [4.69, 9.17) is 19.3 Å². The van der Waals surface area contributed by atoms with Crippen molar-refractivity contribution in [1.82, 2.24) is 0 Å². The summed E-state index contributed by atoms with van der Waals surface area (Å²) in [6.45, 7) is 0.725. The molecule has 3 aromatic rings. The minimum atomic E-state index is -1.00. The summed E-state index contributed by atoms with van der Waals surface area (Å²) in [6, 6.07) is 22.6. The van der Waals surface area contributed by atoms with Crippen molar-refractivity contribution in [3.63, 3.8) is 0 Å². The number of hydrogen-bond donors (Lipinski definition) is 2. The van der Waals surface area contributed by atoms with E-state index in [2.05, 4.69) is 6.07 Å². The molecule has 1 aliphatic rings. The van der Waals surface area contributed by atoms with Crippen LogP contribution in [0.5, 0.6) is 11.5 Å². The number of aromatic hydroxyl groups is 1. The summed E-state index contributed by atoms with van der Waals surface area (Å²) in [5.41, 5.74) is 3.27. The Labute approximate surface area is 174 Å². The molecule has 1 aliphatic heterocycles. The van der Waals surface area contributed by atoms with E-state index >= 15 is 0 Å². The zero-order valence-electron chi connectivity index (χ0n) is 16.3. The van der Waals surface area contributed by atoms with Crippen molar-refractivity contribution in [2.45, 2.75) is 12.2 Å². The van der Waals surface area contributed by atoms with Crippen LogP contribution in [0.4, 0.5) is 0 Å². The predicted molar refractivity (Wildman–Crippen MR) is 110 cm³/mol. The van der Waals surface area contributed by atoms with Gasteiger partial charge in [-0.05, 0) is 52.6 Å². The number of ether oxygens (including phenoxy) is 3. The first-order chi connectivity index (χ1) is 14.5. The van der Waals surface area contributed by atoms with Crippen LogP contribution in [0.15, 0.2) is 72.8 Å². The van der Waals surface area contributed by atoms with Gasteiger partial charge in [-0.1, -0.05) is 42.5 Å². The first-order valence-corrected chi connectivity index (χ1v) is 9.59. The topological polar surface area (TPSA) is 85.2 Å². The molecule has 0 spiro atoms. The van der Waals surface area contributed by atoms with Crippen LogP contribution in [-0.4, -0.2) is 36.0 Å². The van der Waals surface area contributed by atoms with E-state index in [1.807, 2.05) is 54.6 Å². The van der Waals surface area contributed by atoms with Crippen LogP contribution in [0.2, 0.25) is 0 Å². The maximum Gasteiger partial charge on any atom is 0.329 e. The molecular formula is C24H22O6. The number of carboxylic acids is 1. The third kappa shape index (κ3) is 4.45. The molecule has 1 saturated heterocycles. The lowest BCUT2D eigenvalue weighted by Crippen LogP contribution is -2.49. The molecule has 0 aliphatic carbocycles. The molecule has 6 heteroatoms. The zero-order valence-corrected chi connectivity index (χ0v) is 16.3. The van der Waals surface area contributed by atoms with Crippen LogP contribution in [0.1, 0.15) is 11.1 Å². The van der Waals surface area contributed by atoms with Gasteiger partial charge in [-0.2, -0.15) is 0 Å². The van der Waals surface area contributed by atoms with E-state index in [0.717, 1.165) is 22.3 Å². The zero-order chi connectivity index (χ0) is 21.0. The second kappa shape index (κ2) is 8.57. The van der Waals surface area contributed by atoms with Gasteiger partial charge in [0.25, 0.3) is 0 Å². The van der Waals surface area contributed by atoms with Crippen molar-refractivity contribution in [3.05, 3.63) is 83.9 Å². The number of hydrogen-bond acceptors (Lipinski definition) is 5. The van der Waals surface area contributed by atoms with Gasteiger partial charge in [0.2, 0.25) is 0 Å². The monoisotopic (exact) mass is 406 g/mol. The van der Waals surface area contributed by atoms with Crippen molar-refractivity contribution in [2.24, 2.45) is 0 Å². The standard InChI is InChI=1S/C24H22O6/c25-21-8-4-18(5-9-21)19-3-1-2-17(12-19)13-29-22-10-6-20(7-11-22)24(15-28-16-24)30-14-23(26)27/h1-12,25H,13-16H2,(H,26,27). The van der Waals surface area contributed by atoms with Crippen LogP contribution in [0.3, 0.4) is 0 Å². The molecule has 1 heterocycles. The molecule has 0 radical (unpaired) electrons. The summed E-state index contributed by atoms with van der Waals surface area (Å²) < 4.78 is 16.7. The summed E-state index contributed by atoms with van der Waals surface area (Å²) in [7, 11) is 0. The molecular weight excluding hydrogens is 384 g/mol. The van der Waals surface area contributed by atoms with Gasteiger partial charge in [0.05, 0.1) is 13.2 Å². The lowest BCUT2D eigenvalue weighted by molar-refractivity contribution is -0.220. The average molecular weight is 406 g/mol. The smallest absolute Gasteiger partial charge is 0.329 e. The maximum atomic E-state index is 10.8. The first kappa shape index (κ1) is 19.9. The van der Waals surface area contributed by atoms with Crippen LogP contribution < -0.4 is 4.74 Å². The summed E-state index contributed by atoms with van der Waals surface area (Å²) in [4.78, 5) is 10.8. The molecule has 0 atom stereocenters. The Morgan fingerprint density at radius 2 is 1.70 bits per heavy atom. The van der Waals surface area contributed by atoms with Gasteiger partial charge >= 0.3 is 5.97 Å². The number of rotatable bonds is 8. The second-order valence-corrected chi connectivity index (χ2v) is 7.23. The van der Waals surface area contributed by atoms with E-state index in [1.54, 1.807) is 12.1 Å². The van der Waals surface area contributed by atoms with Crippen molar-refractivity contribution < 1.29 is 29.2 Å². The first-order valence-electron chi connectivity index (χ1n) is 9.59. The van der Waals surface area contributed by atoms with Gasteiger partial charge in [-0.25, -0.2) is 4.79 Å². The van der Waals surface area contributed by atoms with Gasteiger partial charge in [0.15, 0.2) is 0 Å². The van der Waals surface area contributed by atoms with Gasteiger partial charge in [0.1, 0.15) is 30.3 Å². The Morgan fingerprint density at radius 3 is 2.33 bits per heavy atom. The molecule has 6 nitrogen and oxygen atoms in total. The fourth-order valence-corrected chi connectivity index (χ4v) is 3.34. The third-order valence-electron chi connectivity index (χ3n) is 5.06. The molecule has 0 amide bonds. The normalized spacial score (nSPS) is 14.7. The Bertz CT molecular complexity index is 1010. The number of phenols is 1. The van der Waals surface area contributed by atoms with E-state index < -0.39 is 11.6 Å². The van der Waals surface area contributed by atoms with E-state index in [9.17, 15) is 9.90 Å². The SMILES string of the molecule is O=C(O)COC1(c2ccc(OCc3cccc(-c4ccc(O)cc4)c3)cc2)COC1. The number of benzene rings is 3. The Hall–Kier alpha value is -3.35. The molecule has 4 rings (SSSR count). The molecule has 0 aromatic heterocycles. The Balaban J connectivity index is 1.40.